The van der Waals surface area contributed by atoms with Gasteiger partial charge in [-0.3, -0.25) is 9.59 Å². The van der Waals surface area contributed by atoms with E-state index in [1.807, 2.05) is 48.5 Å². The predicted molar refractivity (Wildman–Crippen MR) is 140 cm³/mol. The van der Waals surface area contributed by atoms with Crippen molar-refractivity contribution in [3.05, 3.63) is 84.1 Å². The predicted octanol–water partition coefficient (Wildman–Crippen LogP) is 5.93. The molecule has 0 radical (unpaired) electrons. The zero-order valence-corrected chi connectivity index (χ0v) is 20.7. The fourth-order valence-corrected chi connectivity index (χ4v) is 4.66. The number of benzene rings is 3. The highest BCUT2D eigenvalue weighted by Gasteiger charge is 2.37. The van der Waals surface area contributed by atoms with Crippen LogP contribution in [0.5, 0.6) is 17.4 Å². The minimum absolute atomic E-state index is 0.0113. The Balaban J connectivity index is 1.39. The molecule has 0 saturated carbocycles. The number of rotatable bonds is 5. The molecule has 0 fully saturated rings. The third-order valence-electron chi connectivity index (χ3n) is 6.46. The Hall–Kier alpha value is -4.39. The van der Waals surface area contributed by atoms with Crippen molar-refractivity contribution in [2.75, 3.05) is 23.9 Å². The van der Waals surface area contributed by atoms with Crippen LogP contribution in [0.4, 0.5) is 11.4 Å². The highest BCUT2D eigenvalue weighted by Crippen LogP contribution is 2.42. The van der Waals surface area contributed by atoms with Crippen molar-refractivity contribution in [1.29, 1.82) is 0 Å². The Labute approximate surface area is 209 Å². The number of amides is 2. The standard InChI is InChI=1S/C29H27N3O4/c1-18(33)32-17-29(2,3)25-12-8-20(15-26(25)32)31-28(34)24-7-5-6-19-14-21(9-11-23(19)24)36-22-10-13-27(35-4)30-16-22/h5-16H,17H2,1-4H3,(H,31,34). The Kier molecular flexibility index (Phi) is 5.84. The van der Waals surface area contributed by atoms with Crippen molar-refractivity contribution >= 4 is 34.0 Å². The molecule has 0 bridgehead atoms. The molecule has 1 aliphatic rings. The summed E-state index contributed by atoms with van der Waals surface area (Å²) in [5.41, 5.74) is 3.00. The van der Waals surface area contributed by atoms with Crippen LogP contribution in [0.1, 0.15) is 36.7 Å². The molecule has 4 aromatic rings. The first-order chi connectivity index (χ1) is 17.2. The first-order valence-corrected chi connectivity index (χ1v) is 11.7. The van der Waals surface area contributed by atoms with Crippen molar-refractivity contribution in [3.8, 4) is 17.4 Å². The van der Waals surface area contributed by atoms with Gasteiger partial charge in [0.15, 0.2) is 0 Å². The van der Waals surface area contributed by atoms with E-state index in [0.29, 0.717) is 35.2 Å². The average molecular weight is 482 g/mol. The zero-order valence-electron chi connectivity index (χ0n) is 20.7. The lowest BCUT2D eigenvalue weighted by molar-refractivity contribution is -0.116. The number of aromatic nitrogens is 1. The number of anilines is 2. The largest absolute Gasteiger partial charge is 0.481 e. The smallest absolute Gasteiger partial charge is 0.256 e. The van der Waals surface area contributed by atoms with E-state index in [9.17, 15) is 9.59 Å². The van der Waals surface area contributed by atoms with Gasteiger partial charge in [0.1, 0.15) is 11.5 Å². The molecule has 3 aromatic carbocycles. The van der Waals surface area contributed by atoms with Gasteiger partial charge < -0.3 is 19.7 Å². The summed E-state index contributed by atoms with van der Waals surface area (Å²) >= 11 is 0. The molecule has 2 amide bonds. The van der Waals surface area contributed by atoms with E-state index < -0.39 is 0 Å². The van der Waals surface area contributed by atoms with Crippen LogP contribution in [-0.2, 0) is 10.2 Å². The van der Waals surface area contributed by atoms with E-state index >= 15 is 0 Å². The summed E-state index contributed by atoms with van der Waals surface area (Å²) in [7, 11) is 1.56. The molecule has 5 rings (SSSR count). The molecular weight excluding hydrogens is 454 g/mol. The van der Waals surface area contributed by atoms with Crippen molar-refractivity contribution in [2.24, 2.45) is 0 Å². The Morgan fingerprint density at radius 1 is 1.00 bits per heavy atom. The second kappa shape index (κ2) is 9.00. The lowest BCUT2D eigenvalue weighted by Crippen LogP contribution is -2.32. The van der Waals surface area contributed by atoms with Gasteiger partial charge >= 0.3 is 0 Å². The third kappa shape index (κ3) is 4.35. The second-order valence-electron chi connectivity index (χ2n) is 9.50. The van der Waals surface area contributed by atoms with Crippen molar-refractivity contribution < 1.29 is 19.1 Å². The van der Waals surface area contributed by atoms with Crippen LogP contribution in [0.15, 0.2) is 72.9 Å². The summed E-state index contributed by atoms with van der Waals surface area (Å²) in [6.07, 6.45) is 1.60. The molecule has 0 atom stereocenters. The third-order valence-corrected chi connectivity index (χ3v) is 6.46. The summed E-state index contributed by atoms with van der Waals surface area (Å²) in [6.45, 7) is 6.42. The van der Waals surface area contributed by atoms with Gasteiger partial charge in [0, 0.05) is 41.9 Å². The maximum absolute atomic E-state index is 13.3. The summed E-state index contributed by atoms with van der Waals surface area (Å²) in [4.78, 5) is 31.4. The number of carbonyl (C=O) groups is 2. The summed E-state index contributed by atoms with van der Waals surface area (Å²) in [5, 5.41) is 4.69. The summed E-state index contributed by atoms with van der Waals surface area (Å²) in [5.74, 6) is 1.50. The van der Waals surface area contributed by atoms with Crippen LogP contribution in [0.2, 0.25) is 0 Å². The van der Waals surface area contributed by atoms with Crippen LogP contribution in [0.25, 0.3) is 10.8 Å². The molecule has 0 unspecified atom stereocenters. The van der Waals surface area contributed by atoms with Crippen LogP contribution in [0.3, 0.4) is 0 Å². The number of pyridine rings is 1. The molecule has 0 saturated heterocycles. The van der Waals surface area contributed by atoms with Gasteiger partial charge in [-0.15, -0.1) is 0 Å². The van der Waals surface area contributed by atoms with Crippen LogP contribution in [-0.4, -0.2) is 30.5 Å². The first-order valence-electron chi connectivity index (χ1n) is 11.7. The highest BCUT2D eigenvalue weighted by atomic mass is 16.5. The molecule has 1 N–H and O–H groups in total. The maximum atomic E-state index is 13.3. The Morgan fingerprint density at radius 3 is 2.53 bits per heavy atom. The van der Waals surface area contributed by atoms with Crippen LogP contribution < -0.4 is 19.7 Å². The van der Waals surface area contributed by atoms with E-state index in [2.05, 4.69) is 24.1 Å². The molecule has 182 valence electrons. The molecular formula is C29H27N3O4. The molecule has 0 aliphatic carbocycles. The number of carbonyl (C=O) groups excluding carboxylic acids is 2. The molecule has 0 spiro atoms. The normalized spacial score (nSPS) is 13.8. The van der Waals surface area contributed by atoms with Gasteiger partial charge in [-0.25, -0.2) is 4.98 Å². The number of methoxy groups -OCH3 is 1. The van der Waals surface area contributed by atoms with Crippen molar-refractivity contribution in [1.82, 2.24) is 4.98 Å². The first kappa shape index (κ1) is 23.4. The lowest BCUT2D eigenvalue weighted by atomic mass is 9.87. The molecule has 1 aliphatic heterocycles. The topological polar surface area (TPSA) is 80.8 Å². The van der Waals surface area contributed by atoms with Gasteiger partial charge in [0.05, 0.1) is 13.3 Å². The van der Waals surface area contributed by atoms with Crippen LogP contribution in [0, 0.1) is 0 Å². The van der Waals surface area contributed by atoms with Gasteiger partial charge in [-0.1, -0.05) is 32.0 Å². The molecule has 1 aromatic heterocycles. The van der Waals surface area contributed by atoms with Gasteiger partial charge in [-0.05, 0) is 58.8 Å². The summed E-state index contributed by atoms with van der Waals surface area (Å²) < 4.78 is 11.0. The number of nitrogens with one attached hydrogen (secondary N) is 1. The molecule has 7 heteroatoms. The second-order valence-corrected chi connectivity index (χ2v) is 9.50. The highest BCUT2D eigenvalue weighted by molar-refractivity contribution is 6.13. The van der Waals surface area contributed by atoms with Gasteiger partial charge in [0.2, 0.25) is 11.8 Å². The Bertz CT molecular complexity index is 1480. The van der Waals surface area contributed by atoms with Crippen molar-refractivity contribution in [3.63, 3.8) is 0 Å². The molecule has 7 nitrogen and oxygen atoms in total. The molecule has 2 heterocycles. The number of hydrogen-bond donors (Lipinski definition) is 1. The Morgan fingerprint density at radius 2 is 1.81 bits per heavy atom. The minimum Gasteiger partial charge on any atom is -0.481 e. The average Bonchev–Trinajstić information content (AvgIpc) is 3.14. The number of nitrogens with zero attached hydrogens (tertiary/aromatic N) is 2. The van der Waals surface area contributed by atoms with E-state index in [1.54, 1.807) is 43.3 Å². The fraction of sp³-hybridized carbons (Fsp3) is 0.207. The van der Waals surface area contributed by atoms with E-state index in [-0.39, 0.29) is 17.2 Å². The maximum Gasteiger partial charge on any atom is 0.256 e. The summed E-state index contributed by atoms with van der Waals surface area (Å²) in [6, 6.07) is 20.4. The fourth-order valence-electron chi connectivity index (χ4n) is 4.66. The van der Waals surface area contributed by atoms with E-state index in [1.165, 1.54) is 0 Å². The van der Waals surface area contributed by atoms with Gasteiger partial charge in [0.25, 0.3) is 5.91 Å². The van der Waals surface area contributed by atoms with Crippen molar-refractivity contribution in [2.45, 2.75) is 26.2 Å². The van der Waals surface area contributed by atoms with E-state index in [4.69, 9.17) is 9.47 Å². The van der Waals surface area contributed by atoms with Crippen LogP contribution >= 0.6 is 0 Å². The van der Waals surface area contributed by atoms with E-state index in [0.717, 1.165) is 22.0 Å². The number of hydrogen-bond acceptors (Lipinski definition) is 5. The molecule has 36 heavy (non-hydrogen) atoms. The SMILES string of the molecule is COc1ccc(Oc2ccc3c(C(=O)Nc4ccc5c(c4)N(C(C)=O)CC5(C)C)cccc3c2)cn1. The quantitative estimate of drug-likeness (QED) is 0.382. The lowest BCUT2D eigenvalue weighted by Gasteiger charge is -2.19. The minimum atomic E-state index is -0.222. The monoisotopic (exact) mass is 481 g/mol. The zero-order chi connectivity index (χ0) is 25.4. The van der Waals surface area contributed by atoms with Gasteiger partial charge in [-0.2, -0.15) is 0 Å². The number of ether oxygens (including phenoxy) is 2. The number of fused-ring (bicyclic) bond motifs is 2.